The Balaban J connectivity index is 1.37. The van der Waals surface area contributed by atoms with Crippen LogP contribution in [0.3, 0.4) is 0 Å². The van der Waals surface area contributed by atoms with Crippen molar-refractivity contribution >= 4 is 22.8 Å². The van der Waals surface area contributed by atoms with E-state index in [-0.39, 0.29) is 59.0 Å². The zero-order valence-electron chi connectivity index (χ0n) is 20.5. The topological polar surface area (TPSA) is 94.9 Å². The molecule has 1 aliphatic heterocycles. The number of halogens is 2. The number of nitrogens with zero attached hydrogens (tertiary/aromatic N) is 3. The summed E-state index contributed by atoms with van der Waals surface area (Å²) < 4.78 is 48.9. The molecule has 0 bridgehead atoms. The highest BCUT2D eigenvalue weighted by Crippen LogP contribution is 2.34. The van der Waals surface area contributed by atoms with Crippen LogP contribution in [-0.2, 0) is 21.4 Å². The van der Waals surface area contributed by atoms with Crippen LogP contribution in [0.4, 0.5) is 8.78 Å². The first-order chi connectivity index (χ1) is 16.6. The molecule has 4 rings (SSSR count). The number of amides is 2. The smallest absolute Gasteiger partial charge is 0.297 e. The number of ether oxygens (including phenoxy) is 3. The quantitative estimate of drug-likeness (QED) is 0.607. The fourth-order valence-corrected chi connectivity index (χ4v) is 4.53. The lowest BCUT2D eigenvalue weighted by Crippen LogP contribution is -2.55. The van der Waals surface area contributed by atoms with Crippen molar-refractivity contribution in [2.75, 3.05) is 19.7 Å². The molecule has 2 amide bonds. The minimum atomic E-state index is -0.710. The van der Waals surface area contributed by atoms with Crippen molar-refractivity contribution in [3.8, 4) is 11.8 Å². The molecule has 11 heteroatoms. The molecule has 2 heterocycles. The highest BCUT2D eigenvalue weighted by Gasteiger charge is 2.32. The van der Waals surface area contributed by atoms with Crippen LogP contribution in [0.2, 0.25) is 0 Å². The molecule has 9 nitrogen and oxygen atoms in total. The Bertz CT molecular complexity index is 1090. The second-order valence-corrected chi connectivity index (χ2v) is 9.44. The van der Waals surface area contributed by atoms with Gasteiger partial charge in [-0.1, -0.05) is 0 Å². The third-order valence-electron chi connectivity index (χ3n) is 6.47. The number of hydrogen-bond donors (Lipinski definition) is 1. The van der Waals surface area contributed by atoms with Gasteiger partial charge in [0.25, 0.3) is 6.01 Å². The second kappa shape index (κ2) is 10.3. The first-order valence-electron chi connectivity index (χ1n) is 11.9. The molecule has 2 aromatic rings. The first-order valence-corrected chi connectivity index (χ1v) is 11.9. The molecule has 1 saturated heterocycles. The van der Waals surface area contributed by atoms with E-state index in [9.17, 15) is 14.0 Å². The van der Waals surface area contributed by atoms with Crippen molar-refractivity contribution in [1.29, 1.82) is 0 Å². The van der Waals surface area contributed by atoms with Gasteiger partial charge in [0.2, 0.25) is 11.8 Å². The van der Waals surface area contributed by atoms with E-state index in [0.29, 0.717) is 19.7 Å². The Hall–Kier alpha value is -2.95. The van der Waals surface area contributed by atoms with Gasteiger partial charge in [0.1, 0.15) is 23.2 Å². The summed E-state index contributed by atoms with van der Waals surface area (Å²) >= 11 is 0. The van der Waals surface area contributed by atoms with Gasteiger partial charge in [-0.05, 0) is 32.6 Å². The summed E-state index contributed by atoms with van der Waals surface area (Å²) in [6, 6.07) is 1.08. The Morgan fingerprint density at radius 3 is 2.40 bits per heavy atom. The van der Waals surface area contributed by atoms with E-state index in [2.05, 4.69) is 10.3 Å². The molecule has 1 aromatic carbocycles. The zero-order valence-corrected chi connectivity index (χ0v) is 20.5. The number of carbonyl (C=O) groups excluding carboxylic acids is 2. The van der Waals surface area contributed by atoms with Gasteiger partial charge < -0.3 is 24.4 Å². The Morgan fingerprint density at radius 1 is 1.11 bits per heavy atom. The maximum absolute atomic E-state index is 15.2. The number of hydrogen-bond acceptors (Lipinski definition) is 6. The molecule has 1 aliphatic carbocycles. The van der Waals surface area contributed by atoms with Gasteiger partial charge in [0.05, 0.1) is 25.8 Å². The summed E-state index contributed by atoms with van der Waals surface area (Å²) in [5.74, 6) is -1.78. The highest BCUT2D eigenvalue weighted by molar-refractivity contribution is 5.80. The summed E-state index contributed by atoms with van der Waals surface area (Å²) in [5.41, 5.74) is -0.142. The average Bonchev–Trinajstić information content (AvgIpc) is 3.09. The van der Waals surface area contributed by atoms with E-state index < -0.39 is 11.6 Å². The lowest BCUT2D eigenvalue weighted by Gasteiger charge is -2.38. The Morgan fingerprint density at radius 2 is 1.77 bits per heavy atom. The molecule has 1 atom stereocenters. The van der Waals surface area contributed by atoms with Crippen LogP contribution < -0.4 is 14.8 Å². The van der Waals surface area contributed by atoms with E-state index in [0.717, 1.165) is 31.7 Å². The summed E-state index contributed by atoms with van der Waals surface area (Å²) in [7, 11) is 1.58. The minimum Gasteiger partial charge on any atom is -0.483 e. The van der Waals surface area contributed by atoms with E-state index in [1.807, 2.05) is 6.92 Å². The molecule has 1 aromatic heterocycles. The molecule has 0 radical (unpaired) electrons. The minimum absolute atomic E-state index is 0.0262. The number of fused-ring (bicyclic) bond motifs is 1. The van der Waals surface area contributed by atoms with Gasteiger partial charge >= 0.3 is 0 Å². The number of likely N-dealkylation sites (tertiary alicyclic amines) is 1. The van der Waals surface area contributed by atoms with Crippen molar-refractivity contribution in [3.05, 3.63) is 17.7 Å². The van der Waals surface area contributed by atoms with Gasteiger partial charge in [0.15, 0.2) is 17.4 Å². The molecular formula is C24H32F2N4O5. The molecule has 1 N–H and O–H groups in total. The molecule has 2 aliphatic rings. The summed E-state index contributed by atoms with van der Waals surface area (Å²) in [6.45, 7) is 5.94. The number of imidazole rings is 1. The standard InChI is InChI=1S/C24H32F2N4O5/c1-13(27-14(2)31)12-33-16-5-7-17(8-6-16)35-24-28-22-19(25)9-20(21(26)23(22)29(24)4)34-18-10-30(11-18)15(3)32/h9,13,16-18H,5-8,10-12H2,1-4H3,(H,27,31)/t13-,16-,17-/m0/s1. The van der Waals surface area contributed by atoms with E-state index in [4.69, 9.17) is 14.2 Å². The van der Waals surface area contributed by atoms with Crippen molar-refractivity contribution in [3.63, 3.8) is 0 Å². The predicted octanol–water partition coefficient (Wildman–Crippen LogP) is 2.69. The highest BCUT2D eigenvalue weighted by atomic mass is 19.1. The van der Waals surface area contributed by atoms with Gasteiger partial charge in [-0.2, -0.15) is 4.98 Å². The maximum atomic E-state index is 15.2. The van der Waals surface area contributed by atoms with Crippen molar-refractivity contribution in [2.24, 2.45) is 7.05 Å². The van der Waals surface area contributed by atoms with Crippen LogP contribution in [0.15, 0.2) is 6.07 Å². The molecule has 1 saturated carbocycles. The lowest BCUT2D eigenvalue weighted by atomic mass is 9.95. The summed E-state index contributed by atoms with van der Waals surface area (Å²) in [5, 5.41) is 2.79. The molecule has 192 valence electrons. The number of benzene rings is 1. The van der Waals surface area contributed by atoms with Crippen LogP contribution in [0, 0.1) is 11.6 Å². The van der Waals surface area contributed by atoms with Crippen LogP contribution in [0.1, 0.15) is 46.5 Å². The molecular weight excluding hydrogens is 462 g/mol. The SMILES string of the molecule is CC(=O)N[C@@H](C)CO[C@H]1CC[C@H](Oc2nc3c(F)cc(OC4CN(C(C)=O)C4)c(F)c3n2C)CC1. The molecule has 2 fully saturated rings. The average molecular weight is 495 g/mol. The fraction of sp³-hybridized carbons (Fsp3) is 0.625. The molecule has 0 spiro atoms. The second-order valence-electron chi connectivity index (χ2n) is 9.44. The Kier molecular flexibility index (Phi) is 7.44. The normalized spacial score (nSPS) is 21.5. The van der Waals surface area contributed by atoms with E-state index >= 15 is 4.39 Å². The number of rotatable bonds is 8. The summed E-state index contributed by atoms with van der Waals surface area (Å²) in [4.78, 5) is 28.2. The summed E-state index contributed by atoms with van der Waals surface area (Å²) in [6.07, 6.45) is 2.54. The molecule has 35 heavy (non-hydrogen) atoms. The predicted molar refractivity (Wildman–Crippen MR) is 123 cm³/mol. The van der Waals surface area contributed by atoms with Gasteiger partial charge in [-0.15, -0.1) is 0 Å². The Labute approximate surface area is 202 Å². The van der Waals surface area contributed by atoms with E-state index in [1.54, 1.807) is 11.9 Å². The lowest BCUT2D eigenvalue weighted by molar-refractivity contribution is -0.137. The monoisotopic (exact) mass is 494 g/mol. The van der Waals surface area contributed by atoms with Crippen LogP contribution in [-0.4, -0.2) is 70.3 Å². The van der Waals surface area contributed by atoms with Crippen molar-refractivity contribution in [1.82, 2.24) is 19.8 Å². The number of aromatic nitrogens is 2. The van der Waals surface area contributed by atoms with Crippen LogP contribution >= 0.6 is 0 Å². The number of aryl methyl sites for hydroxylation is 1. The van der Waals surface area contributed by atoms with Crippen LogP contribution in [0.5, 0.6) is 11.8 Å². The third kappa shape index (κ3) is 5.66. The number of nitrogens with one attached hydrogen (secondary N) is 1. The van der Waals surface area contributed by atoms with Crippen molar-refractivity contribution < 1.29 is 32.6 Å². The van der Waals surface area contributed by atoms with Crippen LogP contribution in [0.25, 0.3) is 11.0 Å². The third-order valence-corrected chi connectivity index (χ3v) is 6.47. The first kappa shape index (κ1) is 25.2. The van der Waals surface area contributed by atoms with Gasteiger partial charge in [-0.3, -0.25) is 14.2 Å². The van der Waals surface area contributed by atoms with Crippen molar-refractivity contribution in [2.45, 2.75) is 70.8 Å². The fourth-order valence-electron chi connectivity index (χ4n) is 4.53. The van der Waals surface area contributed by atoms with Gasteiger partial charge in [-0.25, -0.2) is 8.78 Å². The molecule has 0 unspecified atom stereocenters. The zero-order chi connectivity index (χ0) is 25.3. The maximum Gasteiger partial charge on any atom is 0.297 e. The number of carbonyl (C=O) groups is 2. The van der Waals surface area contributed by atoms with Gasteiger partial charge in [0, 0.05) is 33.0 Å². The van der Waals surface area contributed by atoms with E-state index in [1.165, 1.54) is 18.4 Å². The largest absolute Gasteiger partial charge is 0.483 e.